The number of hydrogen-bond donors (Lipinski definition) is 1. The number of amides is 2. The van der Waals surface area contributed by atoms with E-state index in [1.54, 1.807) is 18.3 Å². The van der Waals surface area contributed by atoms with Crippen molar-refractivity contribution in [2.24, 2.45) is 0 Å². The lowest BCUT2D eigenvalue weighted by Crippen LogP contribution is -2.49. The van der Waals surface area contributed by atoms with Gasteiger partial charge in [-0.05, 0) is 17.7 Å². The van der Waals surface area contributed by atoms with Crippen molar-refractivity contribution in [2.75, 3.05) is 18.6 Å². The number of halogens is 1. The highest BCUT2D eigenvalue weighted by Gasteiger charge is 2.32. The molecule has 1 N–H and O–H groups in total. The molecular formula is C20H18FN5O3. The van der Waals surface area contributed by atoms with Crippen molar-refractivity contribution >= 4 is 17.6 Å². The average molecular weight is 395 g/mol. The summed E-state index contributed by atoms with van der Waals surface area (Å²) in [5, 5.41) is 6.54. The van der Waals surface area contributed by atoms with Gasteiger partial charge in [-0.3, -0.25) is 19.2 Å². The second kappa shape index (κ2) is 7.70. The van der Waals surface area contributed by atoms with E-state index in [1.807, 2.05) is 30.3 Å². The van der Waals surface area contributed by atoms with Crippen LogP contribution in [-0.4, -0.2) is 46.3 Å². The Bertz CT molecular complexity index is 1050. The molecule has 0 bridgehead atoms. The second-order valence-corrected chi connectivity index (χ2v) is 6.57. The fourth-order valence-electron chi connectivity index (χ4n) is 3.06. The first-order valence-corrected chi connectivity index (χ1v) is 8.96. The molecule has 0 spiro atoms. The highest BCUT2D eigenvalue weighted by Crippen LogP contribution is 2.27. The van der Waals surface area contributed by atoms with Crippen LogP contribution in [0.3, 0.4) is 0 Å². The minimum absolute atomic E-state index is 0.0973. The topological polar surface area (TPSA) is 89.4 Å². The van der Waals surface area contributed by atoms with Crippen molar-refractivity contribution < 1.29 is 18.7 Å². The van der Waals surface area contributed by atoms with Gasteiger partial charge in [-0.25, -0.2) is 9.37 Å². The van der Waals surface area contributed by atoms with Gasteiger partial charge in [0.15, 0.2) is 23.1 Å². The van der Waals surface area contributed by atoms with Crippen molar-refractivity contribution in [3.05, 3.63) is 71.9 Å². The van der Waals surface area contributed by atoms with Crippen LogP contribution in [0.15, 0.2) is 54.9 Å². The highest BCUT2D eigenvalue weighted by molar-refractivity contribution is 6.02. The Hall–Kier alpha value is -3.75. The normalized spacial score (nSPS) is 16.0. The van der Waals surface area contributed by atoms with Crippen LogP contribution in [-0.2, 0) is 11.3 Å². The second-order valence-electron chi connectivity index (χ2n) is 6.57. The summed E-state index contributed by atoms with van der Waals surface area (Å²) in [4.78, 5) is 30.7. The number of carbonyl (C=O) groups is 2. The maximum absolute atomic E-state index is 14.3. The van der Waals surface area contributed by atoms with E-state index in [2.05, 4.69) is 15.4 Å². The third-order valence-electron chi connectivity index (χ3n) is 4.53. The van der Waals surface area contributed by atoms with E-state index in [4.69, 9.17) is 4.74 Å². The number of carbonyl (C=O) groups excluding carboxylic acids is 2. The molecular weight excluding hydrogens is 377 g/mol. The summed E-state index contributed by atoms with van der Waals surface area (Å²) in [5.74, 6) is -1.19. The zero-order valence-electron chi connectivity index (χ0n) is 15.6. The molecule has 148 valence electrons. The molecule has 0 saturated heterocycles. The predicted molar refractivity (Wildman–Crippen MR) is 102 cm³/mol. The Kier molecular flexibility index (Phi) is 4.94. The molecule has 1 aliphatic heterocycles. The first kappa shape index (κ1) is 18.6. The number of pyridine rings is 1. The molecule has 9 heteroatoms. The van der Waals surface area contributed by atoms with Gasteiger partial charge in [-0.15, -0.1) is 0 Å². The summed E-state index contributed by atoms with van der Waals surface area (Å²) >= 11 is 0. The Morgan fingerprint density at radius 1 is 1.28 bits per heavy atom. The third kappa shape index (κ3) is 3.79. The minimum atomic E-state index is -1.000. The van der Waals surface area contributed by atoms with E-state index < -0.39 is 23.7 Å². The molecule has 0 fully saturated rings. The van der Waals surface area contributed by atoms with Crippen LogP contribution in [0.1, 0.15) is 16.1 Å². The van der Waals surface area contributed by atoms with Gasteiger partial charge >= 0.3 is 0 Å². The van der Waals surface area contributed by atoms with E-state index in [0.29, 0.717) is 18.1 Å². The van der Waals surface area contributed by atoms with Gasteiger partial charge in [0, 0.05) is 13.2 Å². The van der Waals surface area contributed by atoms with Gasteiger partial charge in [-0.1, -0.05) is 30.3 Å². The monoisotopic (exact) mass is 395 g/mol. The zero-order chi connectivity index (χ0) is 20.4. The fraction of sp³-hybridized carbons (Fsp3) is 0.200. The van der Waals surface area contributed by atoms with Crippen molar-refractivity contribution in [1.29, 1.82) is 0 Å². The van der Waals surface area contributed by atoms with Gasteiger partial charge in [0.25, 0.3) is 11.8 Å². The summed E-state index contributed by atoms with van der Waals surface area (Å²) in [5.41, 5.74) is 0.539. The number of hydrogen-bond acceptors (Lipinski definition) is 5. The summed E-state index contributed by atoms with van der Waals surface area (Å²) in [6.07, 6.45) is 2.69. The Morgan fingerprint density at radius 3 is 2.86 bits per heavy atom. The summed E-state index contributed by atoms with van der Waals surface area (Å²) < 4.78 is 21.2. The van der Waals surface area contributed by atoms with E-state index >= 15 is 0 Å². The number of aromatic nitrogens is 3. The molecule has 8 nitrogen and oxygen atoms in total. The molecule has 4 rings (SSSR count). The number of ether oxygens (including phenoxy) is 1. The lowest BCUT2D eigenvalue weighted by atomic mass is 10.2. The maximum Gasteiger partial charge on any atom is 0.275 e. The molecule has 3 heterocycles. The van der Waals surface area contributed by atoms with Crippen LogP contribution in [0.4, 0.5) is 10.2 Å². The number of rotatable bonds is 4. The molecule has 2 amide bonds. The van der Waals surface area contributed by atoms with Crippen LogP contribution >= 0.6 is 0 Å². The summed E-state index contributed by atoms with van der Waals surface area (Å²) in [6.45, 7) is 0.222. The van der Waals surface area contributed by atoms with Crippen molar-refractivity contribution in [3.8, 4) is 5.75 Å². The summed E-state index contributed by atoms with van der Waals surface area (Å²) in [6, 6.07) is 11.7. The largest absolute Gasteiger partial charge is 0.487 e. The van der Waals surface area contributed by atoms with Crippen molar-refractivity contribution in [3.63, 3.8) is 0 Å². The van der Waals surface area contributed by atoms with E-state index in [-0.39, 0.29) is 12.3 Å². The predicted octanol–water partition coefficient (Wildman–Crippen LogP) is 1.62. The van der Waals surface area contributed by atoms with Crippen LogP contribution in [0.2, 0.25) is 0 Å². The van der Waals surface area contributed by atoms with Crippen molar-refractivity contribution in [1.82, 2.24) is 20.1 Å². The first-order chi connectivity index (χ1) is 14.0. The first-order valence-electron chi connectivity index (χ1n) is 8.96. The lowest BCUT2D eigenvalue weighted by Gasteiger charge is -2.19. The molecule has 0 saturated carbocycles. The molecule has 2 aromatic heterocycles. The smallest absolute Gasteiger partial charge is 0.275 e. The number of likely N-dealkylation sites (N-methyl/N-ethyl adjacent to an activating group) is 1. The molecule has 0 radical (unpaired) electrons. The standard InChI is InChI=1S/C20H18FN5O3/c1-25-18-16(8-5-9-22-18)29-12-15(20(25)28)23-19(27)17-14(21)11-26(24-17)10-13-6-3-2-4-7-13/h2-9,11,15H,10,12H2,1H3,(H,23,27)/t15-/m0/s1. The molecule has 1 atom stereocenters. The molecule has 1 aliphatic rings. The van der Waals surface area contributed by atoms with E-state index in [1.165, 1.54) is 16.6 Å². The molecule has 1 aromatic carbocycles. The van der Waals surface area contributed by atoms with Gasteiger partial charge in [0.2, 0.25) is 0 Å². The average Bonchev–Trinajstić information content (AvgIpc) is 3.05. The quantitative estimate of drug-likeness (QED) is 0.725. The van der Waals surface area contributed by atoms with Crippen molar-refractivity contribution in [2.45, 2.75) is 12.6 Å². The number of benzene rings is 1. The zero-order valence-corrected chi connectivity index (χ0v) is 15.6. The number of nitrogens with zero attached hydrogens (tertiary/aromatic N) is 4. The number of anilines is 1. The van der Waals surface area contributed by atoms with E-state index in [9.17, 15) is 14.0 Å². The van der Waals surface area contributed by atoms with Crippen LogP contribution in [0, 0.1) is 5.82 Å². The lowest BCUT2D eigenvalue weighted by molar-refractivity contribution is -0.120. The molecule has 0 aliphatic carbocycles. The molecule has 3 aromatic rings. The van der Waals surface area contributed by atoms with Gasteiger partial charge in [0.05, 0.1) is 12.7 Å². The highest BCUT2D eigenvalue weighted by atomic mass is 19.1. The Labute approximate surface area is 165 Å². The van der Waals surface area contributed by atoms with Gasteiger partial charge < -0.3 is 10.1 Å². The van der Waals surface area contributed by atoms with Crippen LogP contribution < -0.4 is 15.0 Å². The summed E-state index contributed by atoms with van der Waals surface area (Å²) in [7, 11) is 1.54. The molecule has 0 unspecified atom stereocenters. The van der Waals surface area contributed by atoms with Crippen LogP contribution in [0.25, 0.3) is 0 Å². The Balaban J connectivity index is 1.49. The van der Waals surface area contributed by atoms with Gasteiger partial charge in [-0.2, -0.15) is 5.10 Å². The SMILES string of the molecule is CN1C(=O)[C@@H](NC(=O)c2nn(Cc3ccccc3)cc2F)COc2cccnc21. The molecule has 29 heavy (non-hydrogen) atoms. The van der Waals surface area contributed by atoms with Crippen LogP contribution in [0.5, 0.6) is 5.75 Å². The Morgan fingerprint density at radius 2 is 2.07 bits per heavy atom. The number of nitrogens with one attached hydrogen (secondary N) is 1. The minimum Gasteiger partial charge on any atom is -0.487 e. The fourth-order valence-corrected chi connectivity index (χ4v) is 3.06. The number of fused-ring (bicyclic) bond motifs is 1. The van der Waals surface area contributed by atoms with E-state index in [0.717, 1.165) is 11.8 Å². The third-order valence-corrected chi connectivity index (χ3v) is 4.53. The maximum atomic E-state index is 14.3. The van der Waals surface area contributed by atoms with Gasteiger partial charge in [0.1, 0.15) is 12.6 Å².